The Morgan fingerprint density at radius 1 is 0.882 bits per heavy atom. The SMILES string of the molecule is CN(C)c1ncc(/C=C/c2ccccc2)cn1. The molecular formula is C14H15N3. The first-order valence-electron chi connectivity index (χ1n) is 5.48. The zero-order chi connectivity index (χ0) is 12.1. The van der Waals surface area contributed by atoms with Crippen molar-refractivity contribution in [2.24, 2.45) is 0 Å². The molecule has 0 N–H and O–H groups in total. The molecule has 2 aromatic rings. The van der Waals surface area contributed by atoms with Crippen molar-refractivity contribution < 1.29 is 0 Å². The van der Waals surface area contributed by atoms with Gasteiger partial charge in [0.25, 0.3) is 0 Å². The second kappa shape index (κ2) is 5.25. The number of benzene rings is 1. The Labute approximate surface area is 101 Å². The van der Waals surface area contributed by atoms with Gasteiger partial charge in [0, 0.05) is 32.1 Å². The zero-order valence-corrected chi connectivity index (χ0v) is 10.0. The Balaban J connectivity index is 2.12. The van der Waals surface area contributed by atoms with Gasteiger partial charge in [0.2, 0.25) is 5.95 Å². The van der Waals surface area contributed by atoms with E-state index in [9.17, 15) is 0 Å². The summed E-state index contributed by atoms with van der Waals surface area (Å²) in [7, 11) is 3.85. The van der Waals surface area contributed by atoms with E-state index >= 15 is 0 Å². The maximum atomic E-state index is 4.25. The molecule has 1 aromatic carbocycles. The predicted molar refractivity (Wildman–Crippen MR) is 71.7 cm³/mol. The van der Waals surface area contributed by atoms with Crippen LogP contribution in [-0.4, -0.2) is 24.1 Å². The molecule has 1 aromatic heterocycles. The molecule has 17 heavy (non-hydrogen) atoms. The van der Waals surface area contributed by atoms with E-state index in [2.05, 4.69) is 22.1 Å². The highest BCUT2D eigenvalue weighted by molar-refractivity contribution is 5.68. The first kappa shape index (κ1) is 11.3. The molecule has 86 valence electrons. The minimum Gasteiger partial charge on any atom is -0.347 e. The Hall–Kier alpha value is -2.16. The van der Waals surface area contributed by atoms with E-state index in [0.29, 0.717) is 0 Å². The fraction of sp³-hybridized carbons (Fsp3) is 0.143. The van der Waals surface area contributed by atoms with E-state index in [4.69, 9.17) is 0 Å². The third kappa shape index (κ3) is 3.14. The number of anilines is 1. The van der Waals surface area contributed by atoms with Crippen LogP contribution in [0.4, 0.5) is 5.95 Å². The highest BCUT2D eigenvalue weighted by Gasteiger charge is 1.96. The van der Waals surface area contributed by atoms with Crippen LogP contribution >= 0.6 is 0 Å². The average molecular weight is 225 g/mol. The molecule has 0 fully saturated rings. The summed E-state index contributed by atoms with van der Waals surface area (Å²) in [5, 5.41) is 0. The lowest BCUT2D eigenvalue weighted by Gasteiger charge is -2.08. The molecule has 0 aliphatic heterocycles. The fourth-order valence-corrected chi connectivity index (χ4v) is 1.40. The first-order valence-corrected chi connectivity index (χ1v) is 5.48. The molecule has 2 rings (SSSR count). The molecule has 0 atom stereocenters. The summed E-state index contributed by atoms with van der Waals surface area (Å²) in [6, 6.07) is 10.2. The summed E-state index contributed by atoms with van der Waals surface area (Å²) in [6.07, 6.45) is 7.70. The third-order valence-electron chi connectivity index (χ3n) is 2.33. The highest BCUT2D eigenvalue weighted by atomic mass is 15.2. The van der Waals surface area contributed by atoms with E-state index in [1.165, 1.54) is 5.56 Å². The van der Waals surface area contributed by atoms with Crippen LogP contribution in [0.3, 0.4) is 0 Å². The fourth-order valence-electron chi connectivity index (χ4n) is 1.40. The number of nitrogens with zero attached hydrogens (tertiary/aromatic N) is 3. The Bertz CT molecular complexity index is 487. The first-order chi connectivity index (χ1) is 8.25. The van der Waals surface area contributed by atoms with Crippen molar-refractivity contribution in [2.75, 3.05) is 19.0 Å². The maximum absolute atomic E-state index is 4.25. The Morgan fingerprint density at radius 3 is 2.06 bits per heavy atom. The molecule has 0 spiro atoms. The molecule has 0 saturated carbocycles. The van der Waals surface area contributed by atoms with Gasteiger partial charge in [-0.3, -0.25) is 0 Å². The van der Waals surface area contributed by atoms with Crippen molar-refractivity contribution in [3.05, 3.63) is 53.9 Å². The van der Waals surface area contributed by atoms with E-state index in [1.807, 2.05) is 61.7 Å². The smallest absolute Gasteiger partial charge is 0.224 e. The largest absolute Gasteiger partial charge is 0.347 e. The van der Waals surface area contributed by atoms with Gasteiger partial charge in [-0.25, -0.2) is 9.97 Å². The van der Waals surface area contributed by atoms with E-state index < -0.39 is 0 Å². The Kier molecular flexibility index (Phi) is 3.50. The van der Waals surface area contributed by atoms with Crippen LogP contribution < -0.4 is 4.90 Å². The third-order valence-corrected chi connectivity index (χ3v) is 2.33. The standard InChI is InChI=1S/C14H15N3/c1-17(2)14-15-10-13(11-16-14)9-8-12-6-4-3-5-7-12/h3-11H,1-2H3/b9-8+. The second-order valence-corrected chi connectivity index (χ2v) is 3.95. The van der Waals surface area contributed by atoms with Gasteiger partial charge in [0.1, 0.15) is 0 Å². The van der Waals surface area contributed by atoms with Gasteiger partial charge >= 0.3 is 0 Å². The molecule has 3 nitrogen and oxygen atoms in total. The molecule has 0 aliphatic carbocycles. The highest BCUT2D eigenvalue weighted by Crippen LogP contribution is 2.08. The van der Waals surface area contributed by atoms with Crippen LogP contribution in [-0.2, 0) is 0 Å². The van der Waals surface area contributed by atoms with E-state index in [-0.39, 0.29) is 0 Å². The lowest BCUT2D eigenvalue weighted by Crippen LogP contribution is -2.12. The quantitative estimate of drug-likeness (QED) is 0.804. The zero-order valence-electron chi connectivity index (χ0n) is 10.0. The van der Waals surface area contributed by atoms with Crippen LogP contribution in [0.25, 0.3) is 12.2 Å². The van der Waals surface area contributed by atoms with Gasteiger partial charge in [-0.05, 0) is 5.56 Å². The molecule has 0 amide bonds. The van der Waals surface area contributed by atoms with Gasteiger partial charge in [-0.2, -0.15) is 0 Å². The molecule has 0 aliphatic rings. The summed E-state index contributed by atoms with van der Waals surface area (Å²) in [4.78, 5) is 10.4. The van der Waals surface area contributed by atoms with Crippen molar-refractivity contribution in [2.45, 2.75) is 0 Å². The lowest BCUT2D eigenvalue weighted by molar-refractivity contribution is 0.996. The van der Waals surface area contributed by atoms with Crippen LogP contribution in [0, 0.1) is 0 Å². The van der Waals surface area contributed by atoms with Crippen molar-refractivity contribution in [1.29, 1.82) is 0 Å². The molecule has 0 unspecified atom stereocenters. The van der Waals surface area contributed by atoms with Crippen LogP contribution in [0.5, 0.6) is 0 Å². The molecule has 0 radical (unpaired) electrons. The van der Waals surface area contributed by atoms with Gasteiger partial charge in [0.15, 0.2) is 0 Å². The predicted octanol–water partition coefficient (Wildman–Crippen LogP) is 2.71. The second-order valence-electron chi connectivity index (χ2n) is 3.95. The van der Waals surface area contributed by atoms with Crippen LogP contribution in [0.2, 0.25) is 0 Å². The van der Waals surface area contributed by atoms with E-state index in [0.717, 1.165) is 11.5 Å². The van der Waals surface area contributed by atoms with Crippen molar-refractivity contribution in [1.82, 2.24) is 9.97 Å². The molecule has 1 heterocycles. The monoisotopic (exact) mass is 225 g/mol. The van der Waals surface area contributed by atoms with Gasteiger partial charge < -0.3 is 4.90 Å². The summed E-state index contributed by atoms with van der Waals surface area (Å²) in [5.74, 6) is 0.724. The minimum absolute atomic E-state index is 0.724. The van der Waals surface area contributed by atoms with Gasteiger partial charge in [-0.15, -0.1) is 0 Å². The summed E-state index contributed by atoms with van der Waals surface area (Å²) in [5.41, 5.74) is 2.17. The number of aromatic nitrogens is 2. The molecule has 0 bridgehead atoms. The van der Waals surface area contributed by atoms with Gasteiger partial charge in [-0.1, -0.05) is 42.5 Å². The number of rotatable bonds is 3. The van der Waals surface area contributed by atoms with Crippen LogP contribution in [0.1, 0.15) is 11.1 Å². The summed E-state index contributed by atoms with van der Waals surface area (Å²) in [6.45, 7) is 0. The normalized spacial score (nSPS) is 10.7. The van der Waals surface area contributed by atoms with E-state index in [1.54, 1.807) is 0 Å². The van der Waals surface area contributed by atoms with Crippen molar-refractivity contribution >= 4 is 18.1 Å². The Morgan fingerprint density at radius 2 is 1.47 bits per heavy atom. The summed E-state index contributed by atoms with van der Waals surface area (Å²) >= 11 is 0. The molecular weight excluding hydrogens is 210 g/mol. The average Bonchev–Trinajstić information content (AvgIpc) is 2.38. The minimum atomic E-state index is 0.724. The number of hydrogen-bond acceptors (Lipinski definition) is 3. The van der Waals surface area contributed by atoms with Crippen molar-refractivity contribution in [3.63, 3.8) is 0 Å². The summed E-state index contributed by atoms with van der Waals surface area (Å²) < 4.78 is 0. The molecule has 0 saturated heterocycles. The lowest BCUT2D eigenvalue weighted by atomic mass is 10.2. The topological polar surface area (TPSA) is 29.0 Å². The van der Waals surface area contributed by atoms with Gasteiger partial charge in [0.05, 0.1) is 0 Å². The van der Waals surface area contributed by atoms with Crippen molar-refractivity contribution in [3.8, 4) is 0 Å². The van der Waals surface area contributed by atoms with Crippen LogP contribution in [0.15, 0.2) is 42.7 Å². The maximum Gasteiger partial charge on any atom is 0.224 e. The number of hydrogen-bond donors (Lipinski definition) is 0. The molecule has 3 heteroatoms.